The van der Waals surface area contributed by atoms with Gasteiger partial charge in [0.1, 0.15) is 5.75 Å². The van der Waals surface area contributed by atoms with Crippen molar-refractivity contribution in [2.45, 2.75) is 52.6 Å². The van der Waals surface area contributed by atoms with E-state index in [1.54, 1.807) is 0 Å². The molecule has 1 fully saturated rings. The monoisotopic (exact) mass is 288 g/mol. The molecule has 1 aromatic rings. The maximum absolute atomic E-state index is 12.6. The van der Waals surface area contributed by atoms with Crippen LogP contribution in [0.25, 0.3) is 0 Å². The van der Waals surface area contributed by atoms with E-state index in [1.807, 2.05) is 33.8 Å². The summed E-state index contributed by atoms with van der Waals surface area (Å²) in [5.41, 5.74) is 2.52. The van der Waals surface area contributed by atoms with Crippen LogP contribution in [-0.2, 0) is 19.9 Å². The zero-order valence-corrected chi connectivity index (χ0v) is 12.9. The van der Waals surface area contributed by atoms with E-state index in [1.165, 1.54) is 0 Å². The Bertz CT molecular complexity index is 647. The minimum absolute atomic E-state index is 0.135. The van der Waals surface area contributed by atoms with Gasteiger partial charge in [0.25, 0.3) is 0 Å². The van der Waals surface area contributed by atoms with Crippen LogP contribution in [0.3, 0.4) is 0 Å². The van der Waals surface area contributed by atoms with Gasteiger partial charge in [-0.1, -0.05) is 19.4 Å². The summed E-state index contributed by atoms with van der Waals surface area (Å²) < 4.78 is 11.1. The first-order valence-corrected chi connectivity index (χ1v) is 7.47. The second-order valence-corrected chi connectivity index (χ2v) is 6.13. The summed E-state index contributed by atoms with van der Waals surface area (Å²) in [7, 11) is 0. The Morgan fingerprint density at radius 2 is 1.95 bits per heavy atom. The Morgan fingerprint density at radius 3 is 2.62 bits per heavy atom. The van der Waals surface area contributed by atoms with Crippen LogP contribution in [0.1, 0.15) is 48.4 Å². The molecule has 4 heteroatoms. The molecule has 0 bridgehead atoms. The topological polar surface area (TPSA) is 52.6 Å². The van der Waals surface area contributed by atoms with E-state index in [4.69, 9.17) is 9.47 Å². The zero-order valence-electron chi connectivity index (χ0n) is 12.9. The van der Waals surface area contributed by atoms with Gasteiger partial charge in [0.2, 0.25) is 5.60 Å². The lowest BCUT2D eigenvalue weighted by molar-refractivity contribution is -0.168. The number of hydrogen-bond donors (Lipinski definition) is 0. The number of fused-ring (bicyclic) bond motifs is 2. The average molecular weight is 288 g/mol. The molecule has 2 aliphatic rings. The molecule has 3 rings (SSSR count). The van der Waals surface area contributed by atoms with Gasteiger partial charge in [-0.15, -0.1) is 0 Å². The van der Waals surface area contributed by atoms with Crippen LogP contribution in [0.15, 0.2) is 6.07 Å². The molecule has 2 aliphatic heterocycles. The lowest BCUT2D eigenvalue weighted by atomic mass is 9.77. The largest absolute Gasteiger partial charge is 0.441 e. The zero-order chi connectivity index (χ0) is 15.4. The fraction of sp³-hybridized carbons (Fsp3) is 0.529. The van der Waals surface area contributed by atoms with E-state index in [0.29, 0.717) is 5.75 Å². The smallest absolute Gasteiger partial charge is 0.361 e. The molecule has 0 aliphatic carbocycles. The minimum Gasteiger partial charge on any atom is -0.441 e. The number of benzene rings is 1. The lowest BCUT2D eigenvalue weighted by Crippen LogP contribution is -2.39. The molecule has 1 saturated heterocycles. The Labute approximate surface area is 124 Å². The highest BCUT2D eigenvalue weighted by Gasteiger charge is 2.62. The van der Waals surface area contributed by atoms with Gasteiger partial charge in [-0.25, -0.2) is 4.79 Å². The molecule has 2 atom stereocenters. The highest BCUT2D eigenvalue weighted by atomic mass is 16.6. The predicted molar refractivity (Wildman–Crippen MR) is 77.1 cm³/mol. The third-order valence-corrected chi connectivity index (χ3v) is 4.76. The van der Waals surface area contributed by atoms with Crippen molar-refractivity contribution in [1.29, 1.82) is 0 Å². The van der Waals surface area contributed by atoms with Crippen LogP contribution in [0.5, 0.6) is 5.75 Å². The van der Waals surface area contributed by atoms with E-state index in [9.17, 15) is 9.59 Å². The summed E-state index contributed by atoms with van der Waals surface area (Å²) in [6, 6.07) is 2.03. The van der Waals surface area contributed by atoms with Crippen molar-refractivity contribution in [3.63, 3.8) is 0 Å². The molecule has 0 N–H and O–H groups in total. The molecule has 4 nitrogen and oxygen atoms in total. The third kappa shape index (κ3) is 1.74. The first-order chi connectivity index (χ1) is 9.91. The summed E-state index contributed by atoms with van der Waals surface area (Å²) in [6.07, 6.45) is 1.96. The number of carbonyl (C=O) groups is 2. The Morgan fingerprint density at radius 1 is 1.24 bits per heavy atom. The van der Waals surface area contributed by atoms with Crippen molar-refractivity contribution in [3.8, 4) is 5.75 Å². The highest BCUT2D eigenvalue weighted by molar-refractivity contribution is 5.95. The van der Waals surface area contributed by atoms with Gasteiger partial charge in [-0.05, 0) is 43.9 Å². The van der Waals surface area contributed by atoms with Crippen LogP contribution in [0, 0.1) is 26.7 Å². The summed E-state index contributed by atoms with van der Waals surface area (Å²) in [4.78, 5) is 24.5. The summed E-state index contributed by atoms with van der Waals surface area (Å²) in [5.74, 6) is -0.285. The molecule has 112 valence electrons. The third-order valence-electron chi connectivity index (χ3n) is 4.76. The maximum atomic E-state index is 12.6. The van der Waals surface area contributed by atoms with Crippen molar-refractivity contribution in [2.75, 3.05) is 0 Å². The van der Waals surface area contributed by atoms with Crippen LogP contribution >= 0.6 is 0 Å². The van der Waals surface area contributed by atoms with Gasteiger partial charge in [-0.2, -0.15) is 0 Å². The van der Waals surface area contributed by atoms with Crippen LogP contribution in [-0.4, -0.2) is 11.9 Å². The number of hydrogen-bond acceptors (Lipinski definition) is 4. The first-order valence-electron chi connectivity index (χ1n) is 7.47. The quantitative estimate of drug-likeness (QED) is 0.620. The van der Waals surface area contributed by atoms with Gasteiger partial charge in [0, 0.05) is 5.92 Å². The second-order valence-electron chi connectivity index (χ2n) is 6.13. The number of aryl methyl sites for hydroxylation is 2. The normalized spacial score (nSPS) is 27.0. The number of carbonyl (C=O) groups excluding carboxylic acids is 2. The van der Waals surface area contributed by atoms with Gasteiger partial charge in [-0.3, -0.25) is 4.79 Å². The Balaban J connectivity index is 2.25. The van der Waals surface area contributed by atoms with Crippen LogP contribution in [0.2, 0.25) is 0 Å². The lowest BCUT2D eigenvalue weighted by Gasteiger charge is -2.27. The molecule has 0 unspecified atom stereocenters. The van der Waals surface area contributed by atoms with Crippen LogP contribution in [0.4, 0.5) is 0 Å². The van der Waals surface area contributed by atoms with Gasteiger partial charge >= 0.3 is 11.9 Å². The molecule has 0 saturated carbocycles. The fourth-order valence-electron chi connectivity index (χ4n) is 3.68. The predicted octanol–water partition coefficient (Wildman–Crippen LogP) is 3.09. The van der Waals surface area contributed by atoms with E-state index in [2.05, 4.69) is 0 Å². The molecule has 1 aromatic carbocycles. The van der Waals surface area contributed by atoms with Crippen molar-refractivity contribution in [1.82, 2.24) is 0 Å². The molecule has 0 aromatic heterocycles. The number of ether oxygens (including phenoxy) is 2. The van der Waals surface area contributed by atoms with E-state index in [0.717, 1.165) is 35.1 Å². The van der Waals surface area contributed by atoms with Gasteiger partial charge in [0.05, 0.1) is 12.0 Å². The molecule has 2 heterocycles. The minimum atomic E-state index is -1.22. The highest BCUT2D eigenvalue weighted by Crippen LogP contribution is 2.54. The first kappa shape index (κ1) is 14.1. The van der Waals surface area contributed by atoms with Crippen molar-refractivity contribution in [2.24, 2.45) is 5.92 Å². The molecular formula is C17H20O4. The molecule has 1 spiro atoms. The molecular weight excluding hydrogens is 268 g/mol. The standard InChI is InChI=1S/C17H20O4/c1-5-6-12-8-13(18)21-17(12)14-10(3)7-9(2)11(4)15(14)20-16(17)19/h7,12H,5-6,8H2,1-4H3/t12-,17-/m1/s1. The second kappa shape index (κ2) is 4.58. The fourth-order valence-corrected chi connectivity index (χ4v) is 3.68. The summed E-state index contributed by atoms with van der Waals surface area (Å²) in [6.45, 7) is 7.92. The molecule has 21 heavy (non-hydrogen) atoms. The number of rotatable bonds is 2. The summed E-state index contributed by atoms with van der Waals surface area (Å²) in [5, 5.41) is 0. The Kier molecular flexibility index (Phi) is 3.08. The van der Waals surface area contributed by atoms with Crippen molar-refractivity contribution < 1.29 is 19.1 Å². The van der Waals surface area contributed by atoms with E-state index in [-0.39, 0.29) is 18.3 Å². The van der Waals surface area contributed by atoms with Crippen LogP contribution < -0.4 is 4.74 Å². The van der Waals surface area contributed by atoms with Crippen molar-refractivity contribution >= 4 is 11.9 Å². The average Bonchev–Trinajstić information content (AvgIpc) is 2.88. The van der Waals surface area contributed by atoms with E-state index >= 15 is 0 Å². The Hall–Kier alpha value is -1.84. The maximum Gasteiger partial charge on any atom is 0.361 e. The molecule has 0 radical (unpaired) electrons. The van der Waals surface area contributed by atoms with Gasteiger partial charge < -0.3 is 9.47 Å². The summed E-state index contributed by atoms with van der Waals surface area (Å²) >= 11 is 0. The number of esters is 2. The SMILES string of the molecule is CCC[C@@H]1CC(=O)O[C@]12C(=O)Oc1c(C)c(C)cc(C)c12. The van der Waals surface area contributed by atoms with E-state index < -0.39 is 11.6 Å². The van der Waals surface area contributed by atoms with Gasteiger partial charge in [0.15, 0.2) is 0 Å². The van der Waals surface area contributed by atoms with Crippen molar-refractivity contribution in [3.05, 3.63) is 28.3 Å². The molecule has 0 amide bonds.